The predicted octanol–water partition coefficient (Wildman–Crippen LogP) is 4.95. The molecule has 0 N–H and O–H groups in total. The lowest BCUT2D eigenvalue weighted by atomic mass is 10.1. The van der Waals surface area contributed by atoms with E-state index in [0.717, 1.165) is 26.9 Å². The zero-order valence-electron chi connectivity index (χ0n) is 21.8. The largest absolute Gasteiger partial charge is 0.373 e. The number of anilines is 1. The number of benzene rings is 2. The van der Waals surface area contributed by atoms with E-state index >= 15 is 0 Å². The number of hydrogen-bond acceptors (Lipinski definition) is 7. The maximum Gasteiger partial charge on any atom is 0.260 e. The summed E-state index contributed by atoms with van der Waals surface area (Å²) in [5.41, 5.74) is 4.31. The van der Waals surface area contributed by atoms with Gasteiger partial charge >= 0.3 is 0 Å². The SMILES string of the molecule is Cc1cc(C)c2sc(N(Cc3cccnc3)C(=O)c3ccc(S(=O)(=O)N4CC(C)OC(C)C4)cc3)nc2c1. The Bertz CT molecular complexity index is 1560. The number of ether oxygens (including phenoxy) is 1. The van der Waals surface area contributed by atoms with Gasteiger partial charge in [-0.05, 0) is 80.8 Å². The van der Waals surface area contributed by atoms with Crippen LogP contribution in [-0.2, 0) is 21.3 Å². The first kappa shape index (κ1) is 26.4. The van der Waals surface area contributed by atoms with Crippen molar-refractivity contribution in [2.75, 3.05) is 18.0 Å². The number of hydrogen-bond donors (Lipinski definition) is 0. The van der Waals surface area contributed by atoms with Crippen molar-refractivity contribution < 1.29 is 17.9 Å². The van der Waals surface area contributed by atoms with E-state index in [1.807, 2.05) is 45.9 Å². The highest BCUT2D eigenvalue weighted by molar-refractivity contribution is 7.89. The van der Waals surface area contributed by atoms with Gasteiger partial charge in [-0.25, -0.2) is 13.4 Å². The van der Waals surface area contributed by atoms with Crippen molar-refractivity contribution in [1.82, 2.24) is 14.3 Å². The summed E-state index contributed by atoms with van der Waals surface area (Å²) >= 11 is 1.47. The smallest absolute Gasteiger partial charge is 0.260 e. The first-order valence-corrected chi connectivity index (χ1v) is 14.7. The van der Waals surface area contributed by atoms with Crippen molar-refractivity contribution in [3.63, 3.8) is 0 Å². The first-order chi connectivity index (χ1) is 18.1. The van der Waals surface area contributed by atoms with Gasteiger partial charge in [0.15, 0.2) is 5.13 Å². The molecule has 2 aromatic heterocycles. The summed E-state index contributed by atoms with van der Waals surface area (Å²) in [5, 5.41) is 0.579. The summed E-state index contributed by atoms with van der Waals surface area (Å²) < 4.78 is 34.7. The summed E-state index contributed by atoms with van der Waals surface area (Å²) in [6.45, 7) is 8.67. The van der Waals surface area contributed by atoms with Crippen LogP contribution in [0, 0.1) is 13.8 Å². The molecule has 0 radical (unpaired) electrons. The van der Waals surface area contributed by atoms with Gasteiger partial charge in [0.1, 0.15) is 0 Å². The van der Waals surface area contributed by atoms with E-state index in [9.17, 15) is 13.2 Å². The van der Waals surface area contributed by atoms with Gasteiger partial charge in [0.05, 0.1) is 33.9 Å². The van der Waals surface area contributed by atoms with Gasteiger partial charge in [-0.1, -0.05) is 23.5 Å². The second-order valence-electron chi connectivity index (χ2n) is 9.78. The Morgan fingerprint density at radius 2 is 1.82 bits per heavy atom. The van der Waals surface area contributed by atoms with E-state index in [1.165, 1.54) is 27.8 Å². The third kappa shape index (κ3) is 5.35. The second-order valence-corrected chi connectivity index (χ2v) is 12.7. The second kappa shape index (κ2) is 10.5. The number of pyridine rings is 1. The van der Waals surface area contributed by atoms with Crippen molar-refractivity contribution in [3.05, 3.63) is 83.2 Å². The molecule has 5 rings (SSSR count). The molecular formula is C28H30N4O4S2. The molecule has 0 bridgehead atoms. The molecule has 8 nitrogen and oxygen atoms in total. The molecule has 1 fully saturated rings. The van der Waals surface area contributed by atoms with Crippen LogP contribution in [0.3, 0.4) is 0 Å². The van der Waals surface area contributed by atoms with E-state index in [-0.39, 0.29) is 29.6 Å². The van der Waals surface area contributed by atoms with E-state index < -0.39 is 10.0 Å². The van der Waals surface area contributed by atoms with Crippen molar-refractivity contribution in [2.45, 2.75) is 51.3 Å². The third-order valence-corrected chi connectivity index (χ3v) is 9.55. The fourth-order valence-corrected chi connectivity index (χ4v) is 7.39. The minimum absolute atomic E-state index is 0.153. The summed E-state index contributed by atoms with van der Waals surface area (Å²) in [7, 11) is -3.71. The van der Waals surface area contributed by atoms with Crippen LogP contribution in [0.15, 0.2) is 65.8 Å². The Morgan fingerprint density at radius 1 is 1.11 bits per heavy atom. The van der Waals surface area contributed by atoms with Gasteiger partial charge in [-0.2, -0.15) is 4.31 Å². The van der Waals surface area contributed by atoms with Crippen LogP contribution in [0.1, 0.15) is 40.9 Å². The maximum absolute atomic E-state index is 13.8. The molecule has 1 aliphatic heterocycles. The van der Waals surface area contributed by atoms with Crippen LogP contribution in [-0.4, -0.2) is 53.9 Å². The monoisotopic (exact) mass is 550 g/mol. The van der Waals surface area contributed by atoms with Crippen LogP contribution in [0.2, 0.25) is 0 Å². The minimum Gasteiger partial charge on any atom is -0.373 e. The number of amides is 1. The molecule has 1 amide bonds. The summed E-state index contributed by atoms with van der Waals surface area (Å²) in [6, 6.07) is 14.0. The van der Waals surface area contributed by atoms with E-state index in [0.29, 0.717) is 23.8 Å². The third-order valence-electron chi connectivity index (χ3n) is 6.47. The van der Waals surface area contributed by atoms with Crippen LogP contribution in [0.25, 0.3) is 10.2 Å². The summed E-state index contributed by atoms with van der Waals surface area (Å²) in [5.74, 6) is -0.264. The summed E-state index contributed by atoms with van der Waals surface area (Å²) in [6.07, 6.45) is 3.05. The molecule has 2 aromatic carbocycles. The zero-order valence-corrected chi connectivity index (χ0v) is 23.4. The number of aromatic nitrogens is 2. The van der Waals surface area contributed by atoms with Crippen LogP contribution < -0.4 is 4.90 Å². The van der Waals surface area contributed by atoms with E-state index in [2.05, 4.69) is 11.1 Å². The molecule has 3 heterocycles. The number of carbonyl (C=O) groups is 1. The van der Waals surface area contributed by atoms with Crippen LogP contribution >= 0.6 is 11.3 Å². The maximum atomic E-state index is 13.8. The molecule has 1 aliphatic rings. The zero-order chi connectivity index (χ0) is 27.0. The standard InChI is InChI=1S/C28H30N4O4S2/c1-18-12-19(2)26-25(13-18)30-28(37-26)32(17-22-6-5-11-29-14-22)27(33)23-7-9-24(10-8-23)38(34,35)31-15-20(3)36-21(4)16-31/h5-14,20-21H,15-17H2,1-4H3. The molecule has 10 heteroatoms. The Hall–Kier alpha value is -3.18. The predicted molar refractivity (Wildman–Crippen MR) is 149 cm³/mol. The van der Waals surface area contributed by atoms with Gasteiger partial charge in [0.2, 0.25) is 10.0 Å². The van der Waals surface area contributed by atoms with Crippen LogP contribution in [0.4, 0.5) is 5.13 Å². The van der Waals surface area contributed by atoms with Crippen molar-refractivity contribution in [3.8, 4) is 0 Å². The highest BCUT2D eigenvalue weighted by atomic mass is 32.2. The molecule has 2 atom stereocenters. The average Bonchev–Trinajstić information content (AvgIpc) is 3.31. The first-order valence-electron chi connectivity index (χ1n) is 12.5. The van der Waals surface area contributed by atoms with E-state index in [4.69, 9.17) is 9.72 Å². The number of thiazole rings is 1. The molecular weight excluding hydrogens is 520 g/mol. The lowest BCUT2D eigenvalue weighted by molar-refractivity contribution is -0.0440. The Balaban J connectivity index is 1.47. The minimum atomic E-state index is -3.71. The number of sulfonamides is 1. The number of fused-ring (bicyclic) bond motifs is 1. The normalized spacial score (nSPS) is 18.5. The molecule has 0 aliphatic carbocycles. The van der Waals surface area contributed by atoms with Gasteiger partial charge < -0.3 is 4.74 Å². The lowest BCUT2D eigenvalue weighted by Crippen LogP contribution is -2.48. The van der Waals surface area contributed by atoms with Crippen molar-refractivity contribution in [2.24, 2.45) is 0 Å². The van der Waals surface area contributed by atoms with Crippen LogP contribution in [0.5, 0.6) is 0 Å². The fraction of sp³-hybridized carbons (Fsp3) is 0.321. The van der Waals surface area contributed by atoms with Gasteiger partial charge in [0, 0.05) is 31.0 Å². The van der Waals surface area contributed by atoms with E-state index in [1.54, 1.807) is 29.4 Å². The van der Waals surface area contributed by atoms with Gasteiger partial charge in [-0.3, -0.25) is 14.7 Å². The molecule has 198 valence electrons. The number of rotatable bonds is 6. The van der Waals surface area contributed by atoms with Gasteiger partial charge in [-0.15, -0.1) is 0 Å². The molecule has 2 unspecified atom stereocenters. The number of nitrogens with zero attached hydrogens (tertiary/aromatic N) is 4. The highest BCUT2D eigenvalue weighted by Gasteiger charge is 2.32. The Labute approximate surface area is 227 Å². The van der Waals surface area contributed by atoms with Crippen molar-refractivity contribution >= 4 is 42.6 Å². The topological polar surface area (TPSA) is 92.7 Å². The Morgan fingerprint density at radius 3 is 2.47 bits per heavy atom. The number of carbonyl (C=O) groups excluding carboxylic acids is 1. The fourth-order valence-electron chi connectivity index (χ4n) is 4.78. The highest BCUT2D eigenvalue weighted by Crippen LogP contribution is 2.34. The quantitative estimate of drug-likeness (QED) is 0.337. The average molecular weight is 551 g/mol. The molecule has 4 aromatic rings. The Kier molecular flexibility index (Phi) is 7.32. The summed E-state index contributed by atoms with van der Waals surface area (Å²) in [4.78, 5) is 24.6. The lowest BCUT2D eigenvalue weighted by Gasteiger charge is -2.34. The molecule has 1 saturated heterocycles. The number of aryl methyl sites for hydroxylation is 2. The van der Waals surface area contributed by atoms with Gasteiger partial charge in [0.25, 0.3) is 5.91 Å². The van der Waals surface area contributed by atoms with Crippen molar-refractivity contribution in [1.29, 1.82) is 0 Å². The molecule has 0 saturated carbocycles. The number of morpholine rings is 1. The molecule has 0 spiro atoms. The molecule has 38 heavy (non-hydrogen) atoms.